The summed E-state index contributed by atoms with van der Waals surface area (Å²) in [6.45, 7) is 10.6. The molecule has 27 heavy (non-hydrogen) atoms. The van der Waals surface area contributed by atoms with Gasteiger partial charge in [-0.05, 0) is 25.3 Å². The maximum Gasteiger partial charge on any atom is 0.162 e. The van der Waals surface area contributed by atoms with E-state index in [1.807, 2.05) is 23.0 Å². The molecule has 0 radical (unpaired) electrons. The minimum atomic E-state index is -0.509. The molecule has 0 bridgehead atoms. The first kappa shape index (κ1) is 17.4. The van der Waals surface area contributed by atoms with Crippen molar-refractivity contribution in [3.8, 4) is 5.75 Å². The third-order valence-corrected chi connectivity index (χ3v) is 4.93. The van der Waals surface area contributed by atoms with E-state index in [4.69, 9.17) is 9.72 Å². The predicted octanol–water partition coefficient (Wildman–Crippen LogP) is 2.80. The normalized spacial score (nSPS) is 12.8. The van der Waals surface area contributed by atoms with E-state index in [-0.39, 0.29) is 5.41 Å². The maximum atomic E-state index is 5.46. The van der Waals surface area contributed by atoms with Gasteiger partial charge in [0, 0.05) is 17.3 Å². The van der Waals surface area contributed by atoms with Crippen molar-refractivity contribution in [3.63, 3.8) is 0 Å². The van der Waals surface area contributed by atoms with Crippen LogP contribution in [0.2, 0.25) is 0 Å². The van der Waals surface area contributed by atoms with E-state index >= 15 is 0 Å². The molecule has 0 atom stereocenters. The molecular weight excluding hydrogens is 342 g/mol. The van der Waals surface area contributed by atoms with E-state index in [9.17, 15) is 0 Å². The van der Waals surface area contributed by atoms with Crippen LogP contribution in [0.15, 0.2) is 31.1 Å². The highest BCUT2D eigenvalue weighted by Gasteiger charge is 2.33. The van der Waals surface area contributed by atoms with Crippen LogP contribution < -0.4 is 4.74 Å². The Bertz CT molecular complexity index is 1130. The monoisotopic (exact) mass is 365 g/mol. The van der Waals surface area contributed by atoms with Gasteiger partial charge in [-0.15, -0.1) is 0 Å². The minimum Gasteiger partial charge on any atom is -0.495 e. The molecule has 0 fully saturated rings. The number of aromatic nitrogens is 7. The molecule has 4 rings (SSSR count). The van der Waals surface area contributed by atoms with Crippen LogP contribution in [-0.4, -0.2) is 41.3 Å². The Labute approximate surface area is 157 Å². The first-order chi connectivity index (χ1) is 12.7. The fraction of sp³-hybridized carbons (Fsp3) is 0.421. The zero-order chi connectivity index (χ0) is 19.4. The molecular formula is C19H23N7O. The summed E-state index contributed by atoms with van der Waals surface area (Å²) in [5, 5.41) is 8.73. The molecule has 8 nitrogen and oxygen atoms in total. The molecule has 0 saturated carbocycles. The summed E-state index contributed by atoms with van der Waals surface area (Å²) in [4.78, 5) is 13.7. The van der Waals surface area contributed by atoms with Crippen molar-refractivity contribution >= 4 is 11.3 Å². The molecule has 140 valence electrons. The first-order valence-electron chi connectivity index (χ1n) is 8.81. The van der Waals surface area contributed by atoms with E-state index < -0.39 is 5.41 Å². The van der Waals surface area contributed by atoms with Gasteiger partial charge in [-0.25, -0.2) is 19.5 Å². The summed E-state index contributed by atoms with van der Waals surface area (Å²) >= 11 is 0. The van der Waals surface area contributed by atoms with Crippen LogP contribution in [0.3, 0.4) is 0 Å². The smallest absolute Gasteiger partial charge is 0.162 e. The van der Waals surface area contributed by atoms with Crippen LogP contribution in [0.5, 0.6) is 5.75 Å². The molecule has 0 N–H and O–H groups in total. The highest BCUT2D eigenvalue weighted by atomic mass is 16.5. The van der Waals surface area contributed by atoms with Gasteiger partial charge in [-0.2, -0.15) is 14.7 Å². The standard InChI is InChI=1S/C19H23N7O/c1-18(2,3)14-8-20-17(26-16(14)22-11-24-26)19(4,5)13-7-12(27-6)9-25-15(13)21-10-23-25/h7-11H,1-6H3. The van der Waals surface area contributed by atoms with Gasteiger partial charge in [-0.1, -0.05) is 20.8 Å². The molecule has 0 aliphatic rings. The van der Waals surface area contributed by atoms with E-state index in [2.05, 4.69) is 54.8 Å². The van der Waals surface area contributed by atoms with Gasteiger partial charge in [0.15, 0.2) is 11.3 Å². The van der Waals surface area contributed by atoms with E-state index in [0.717, 1.165) is 28.2 Å². The average molecular weight is 365 g/mol. The van der Waals surface area contributed by atoms with Crippen molar-refractivity contribution in [2.75, 3.05) is 7.11 Å². The number of pyridine rings is 1. The zero-order valence-electron chi connectivity index (χ0n) is 16.4. The van der Waals surface area contributed by atoms with Gasteiger partial charge in [-0.3, -0.25) is 0 Å². The third kappa shape index (κ3) is 2.63. The van der Waals surface area contributed by atoms with E-state index in [1.165, 1.54) is 6.33 Å². The van der Waals surface area contributed by atoms with Crippen LogP contribution in [0, 0.1) is 0 Å². The summed E-state index contributed by atoms with van der Waals surface area (Å²) in [5.41, 5.74) is 2.99. The molecule has 4 aromatic rings. The molecule has 0 aliphatic heterocycles. The number of methoxy groups -OCH3 is 1. The van der Waals surface area contributed by atoms with Gasteiger partial charge in [0.2, 0.25) is 0 Å². The predicted molar refractivity (Wildman–Crippen MR) is 101 cm³/mol. The van der Waals surface area contributed by atoms with Crippen molar-refractivity contribution < 1.29 is 4.74 Å². The van der Waals surface area contributed by atoms with Crippen molar-refractivity contribution in [2.45, 2.75) is 45.4 Å². The summed E-state index contributed by atoms with van der Waals surface area (Å²) in [7, 11) is 1.64. The lowest BCUT2D eigenvalue weighted by Gasteiger charge is -2.27. The molecule has 0 aromatic carbocycles. The fourth-order valence-corrected chi connectivity index (χ4v) is 3.37. The number of rotatable bonds is 3. The van der Waals surface area contributed by atoms with Crippen LogP contribution in [0.4, 0.5) is 0 Å². The molecule has 0 spiro atoms. The Morgan fingerprint density at radius 3 is 2.30 bits per heavy atom. The Morgan fingerprint density at radius 2 is 1.59 bits per heavy atom. The van der Waals surface area contributed by atoms with Gasteiger partial charge in [0.05, 0.1) is 18.7 Å². The van der Waals surface area contributed by atoms with E-state index in [1.54, 1.807) is 18.0 Å². The molecule has 4 heterocycles. The molecule has 0 saturated heterocycles. The number of hydrogen-bond acceptors (Lipinski definition) is 6. The Hall–Kier alpha value is -3.03. The Kier molecular flexibility index (Phi) is 3.69. The van der Waals surface area contributed by atoms with Crippen LogP contribution in [0.1, 0.15) is 51.6 Å². The maximum absolute atomic E-state index is 5.46. The van der Waals surface area contributed by atoms with Gasteiger partial charge >= 0.3 is 0 Å². The van der Waals surface area contributed by atoms with Crippen molar-refractivity contribution in [1.29, 1.82) is 0 Å². The van der Waals surface area contributed by atoms with Crippen molar-refractivity contribution in [1.82, 2.24) is 34.2 Å². The van der Waals surface area contributed by atoms with E-state index in [0.29, 0.717) is 5.75 Å². The summed E-state index contributed by atoms with van der Waals surface area (Å²) in [5.74, 6) is 1.48. The van der Waals surface area contributed by atoms with Crippen LogP contribution in [0.25, 0.3) is 11.3 Å². The van der Waals surface area contributed by atoms with Crippen molar-refractivity contribution in [2.24, 2.45) is 0 Å². The lowest BCUT2D eigenvalue weighted by atomic mass is 9.83. The third-order valence-electron chi connectivity index (χ3n) is 4.93. The summed E-state index contributed by atoms with van der Waals surface area (Å²) < 4.78 is 9.00. The first-order valence-corrected chi connectivity index (χ1v) is 8.81. The van der Waals surface area contributed by atoms with Crippen molar-refractivity contribution in [3.05, 3.63) is 48.1 Å². The van der Waals surface area contributed by atoms with Gasteiger partial charge in [0.25, 0.3) is 0 Å². The second kappa shape index (κ2) is 5.73. The fourth-order valence-electron chi connectivity index (χ4n) is 3.37. The lowest BCUT2D eigenvalue weighted by molar-refractivity contribution is 0.409. The highest BCUT2D eigenvalue weighted by Crippen LogP contribution is 2.35. The molecule has 8 heteroatoms. The van der Waals surface area contributed by atoms with Crippen LogP contribution >= 0.6 is 0 Å². The second-order valence-electron chi connectivity index (χ2n) is 8.19. The molecule has 0 unspecified atom stereocenters. The minimum absolute atomic E-state index is 0.0831. The average Bonchev–Trinajstić information content (AvgIpc) is 3.27. The highest BCUT2D eigenvalue weighted by molar-refractivity contribution is 5.57. The summed E-state index contributed by atoms with van der Waals surface area (Å²) in [6.07, 6.45) is 6.82. The molecule has 4 aromatic heterocycles. The summed E-state index contributed by atoms with van der Waals surface area (Å²) in [6, 6.07) is 1.98. The largest absolute Gasteiger partial charge is 0.495 e. The van der Waals surface area contributed by atoms with Gasteiger partial charge < -0.3 is 4.74 Å². The van der Waals surface area contributed by atoms with Gasteiger partial charge in [0.1, 0.15) is 24.2 Å². The Balaban J connectivity index is 1.99. The number of nitrogens with zero attached hydrogens (tertiary/aromatic N) is 7. The number of fused-ring (bicyclic) bond motifs is 2. The zero-order valence-corrected chi connectivity index (χ0v) is 16.4. The molecule has 0 amide bonds. The molecule has 0 aliphatic carbocycles. The quantitative estimate of drug-likeness (QED) is 0.555. The SMILES string of the molecule is COc1cc(C(C)(C)c2ncc(C(C)(C)C)c3ncnn23)c2ncnn2c1. The lowest BCUT2D eigenvalue weighted by Crippen LogP contribution is -2.27. The van der Waals surface area contributed by atoms with Crippen LogP contribution in [-0.2, 0) is 10.8 Å². The topological polar surface area (TPSA) is 82.5 Å². The second-order valence-corrected chi connectivity index (χ2v) is 8.19. The number of hydrogen-bond donors (Lipinski definition) is 0. The number of ether oxygens (including phenoxy) is 1. The Morgan fingerprint density at radius 1 is 0.889 bits per heavy atom.